The monoisotopic (exact) mass is 515 g/mol. The summed E-state index contributed by atoms with van der Waals surface area (Å²) in [5, 5.41) is 7.74. The van der Waals surface area contributed by atoms with Crippen LogP contribution in [-0.4, -0.2) is 32.0 Å². The molecule has 1 amide bonds. The van der Waals surface area contributed by atoms with Crippen LogP contribution in [0.3, 0.4) is 0 Å². The van der Waals surface area contributed by atoms with Crippen molar-refractivity contribution >= 4 is 40.5 Å². The van der Waals surface area contributed by atoms with Crippen molar-refractivity contribution in [3.8, 4) is 5.69 Å². The molecule has 4 aromatic rings. The van der Waals surface area contributed by atoms with Crippen LogP contribution in [0.15, 0.2) is 91.3 Å². The maximum atomic E-state index is 12.9. The Hall–Kier alpha value is -3.68. The van der Waals surface area contributed by atoms with Crippen LogP contribution in [0.2, 0.25) is 5.02 Å². The molecule has 0 unspecified atom stereocenters. The molecule has 2 aromatic heterocycles. The fraction of sp³-hybridized carbons (Fsp3) is 0.179. The van der Waals surface area contributed by atoms with E-state index >= 15 is 0 Å². The number of thiocarbonyl (C=S) groups is 1. The molecule has 1 aliphatic rings. The van der Waals surface area contributed by atoms with E-state index in [2.05, 4.69) is 31.2 Å². The van der Waals surface area contributed by atoms with E-state index in [0.717, 1.165) is 28.3 Å². The lowest BCUT2D eigenvalue weighted by atomic mass is 10.0. The van der Waals surface area contributed by atoms with Gasteiger partial charge < -0.3 is 20.1 Å². The van der Waals surface area contributed by atoms with Crippen LogP contribution in [0.1, 0.15) is 35.5 Å². The first-order chi connectivity index (χ1) is 17.5. The molecule has 182 valence electrons. The fourth-order valence-electron chi connectivity index (χ4n) is 4.61. The molecule has 2 aromatic carbocycles. The Labute approximate surface area is 220 Å². The summed E-state index contributed by atoms with van der Waals surface area (Å²) in [5.41, 5.74) is 4.71. The number of anilines is 1. The SMILES string of the molecule is Cc1ccccc1NC(=O)CCN1C(=S)N[C@H](c2ccccn2)[C@H]1c1cccn1-c1cccc(Cl)c1. The molecule has 8 heteroatoms. The molecule has 5 rings (SSSR count). The molecule has 36 heavy (non-hydrogen) atoms. The van der Waals surface area contributed by atoms with Gasteiger partial charge in [0, 0.05) is 47.5 Å². The topological polar surface area (TPSA) is 62.2 Å². The van der Waals surface area contributed by atoms with Gasteiger partial charge in [0.1, 0.15) is 0 Å². The van der Waals surface area contributed by atoms with Gasteiger partial charge in [-0.15, -0.1) is 0 Å². The van der Waals surface area contributed by atoms with E-state index < -0.39 is 0 Å². The maximum absolute atomic E-state index is 12.9. The Morgan fingerprint density at radius 1 is 1.08 bits per heavy atom. The average Bonchev–Trinajstić information content (AvgIpc) is 3.49. The highest BCUT2D eigenvalue weighted by Crippen LogP contribution is 2.39. The van der Waals surface area contributed by atoms with Gasteiger partial charge in [0.15, 0.2) is 5.11 Å². The van der Waals surface area contributed by atoms with Gasteiger partial charge in [0.25, 0.3) is 0 Å². The maximum Gasteiger partial charge on any atom is 0.226 e. The van der Waals surface area contributed by atoms with E-state index in [1.165, 1.54) is 0 Å². The summed E-state index contributed by atoms with van der Waals surface area (Å²) in [4.78, 5) is 19.6. The first kappa shape index (κ1) is 24.0. The van der Waals surface area contributed by atoms with Crippen molar-refractivity contribution in [1.29, 1.82) is 0 Å². The molecule has 1 saturated heterocycles. The lowest BCUT2D eigenvalue weighted by molar-refractivity contribution is -0.116. The molecule has 0 saturated carbocycles. The first-order valence-corrected chi connectivity index (χ1v) is 12.6. The fourth-order valence-corrected chi connectivity index (χ4v) is 5.13. The summed E-state index contributed by atoms with van der Waals surface area (Å²) in [7, 11) is 0. The zero-order valence-electron chi connectivity index (χ0n) is 19.8. The summed E-state index contributed by atoms with van der Waals surface area (Å²) >= 11 is 12.1. The molecule has 2 N–H and O–H groups in total. The van der Waals surface area contributed by atoms with E-state index in [9.17, 15) is 4.79 Å². The number of pyridine rings is 1. The molecule has 3 heterocycles. The lowest BCUT2D eigenvalue weighted by Crippen LogP contribution is -2.33. The van der Waals surface area contributed by atoms with Gasteiger partial charge in [0.2, 0.25) is 5.91 Å². The van der Waals surface area contributed by atoms with Crippen molar-refractivity contribution in [1.82, 2.24) is 19.8 Å². The summed E-state index contributed by atoms with van der Waals surface area (Å²) in [6.45, 7) is 2.44. The number of rotatable bonds is 7. The van der Waals surface area contributed by atoms with Crippen molar-refractivity contribution in [3.63, 3.8) is 0 Å². The number of para-hydroxylation sites is 1. The second-order valence-electron chi connectivity index (χ2n) is 8.72. The predicted octanol–water partition coefficient (Wildman–Crippen LogP) is 5.84. The Morgan fingerprint density at radius 3 is 2.69 bits per heavy atom. The minimum atomic E-state index is -0.175. The summed E-state index contributed by atoms with van der Waals surface area (Å²) in [6.07, 6.45) is 4.09. The van der Waals surface area contributed by atoms with Gasteiger partial charge in [0.05, 0.1) is 17.8 Å². The van der Waals surface area contributed by atoms with Gasteiger partial charge >= 0.3 is 0 Å². The molecule has 0 bridgehead atoms. The number of carbonyl (C=O) groups is 1. The van der Waals surface area contributed by atoms with Crippen molar-refractivity contribution in [2.24, 2.45) is 0 Å². The van der Waals surface area contributed by atoms with Crippen molar-refractivity contribution in [2.45, 2.75) is 25.4 Å². The van der Waals surface area contributed by atoms with Crippen LogP contribution in [0.5, 0.6) is 0 Å². The number of benzene rings is 2. The number of carbonyl (C=O) groups excluding carboxylic acids is 1. The Kier molecular flexibility index (Phi) is 7.02. The number of nitrogens with one attached hydrogen (secondary N) is 2. The van der Waals surface area contributed by atoms with Gasteiger partial charge in [-0.05, 0) is 73.2 Å². The quantitative estimate of drug-likeness (QED) is 0.303. The van der Waals surface area contributed by atoms with E-state index in [1.54, 1.807) is 6.20 Å². The van der Waals surface area contributed by atoms with Gasteiger partial charge in [-0.25, -0.2) is 0 Å². The largest absolute Gasteiger partial charge is 0.352 e. The van der Waals surface area contributed by atoms with Crippen LogP contribution in [-0.2, 0) is 4.79 Å². The second kappa shape index (κ2) is 10.5. The van der Waals surface area contributed by atoms with Crippen LogP contribution in [0.25, 0.3) is 5.69 Å². The number of aromatic nitrogens is 2. The molecule has 1 fully saturated rings. The molecule has 0 radical (unpaired) electrons. The van der Waals surface area contributed by atoms with Crippen LogP contribution in [0.4, 0.5) is 5.69 Å². The minimum Gasteiger partial charge on any atom is -0.352 e. The zero-order valence-corrected chi connectivity index (χ0v) is 21.3. The Morgan fingerprint density at radius 2 is 1.92 bits per heavy atom. The number of hydrogen-bond donors (Lipinski definition) is 2. The average molecular weight is 516 g/mol. The number of amides is 1. The van der Waals surface area contributed by atoms with Crippen molar-refractivity contribution in [3.05, 3.63) is 113 Å². The molecule has 1 aliphatic heterocycles. The van der Waals surface area contributed by atoms with Gasteiger partial charge in [-0.1, -0.05) is 41.9 Å². The van der Waals surface area contributed by atoms with Gasteiger partial charge in [-0.3, -0.25) is 9.78 Å². The normalized spacial score (nSPS) is 17.2. The minimum absolute atomic E-state index is 0.0580. The lowest BCUT2D eigenvalue weighted by Gasteiger charge is -2.29. The van der Waals surface area contributed by atoms with E-state index in [1.807, 2.05) is 85.9 Å². The van der Waals surface area contributed by atoms with E-state index in [-0.39, 0.29) is 18.0 Å². The smallest absolute Gasteiger partial charge is 0.226 e. The molecule has 2 atom stereocenters. The third kappa shape index (κ3) is 4.98. The van der Waals surface area contributed by atoms with Crippen molar-refractivity contribution in [2.75, 3.05) is 11.9 Å². The first-order valence-electron chi connectivity index (χ1n) is 11.8. The Bertz CT molecular complexity index is 1390. The Balaban J connectivity index is 1.45. The number of nitrogens with zero attached hydrogens (tertiary/aromatic N) is 3. The number of aryl methyl sites for hydroxylation is 1. The van der Waals surface area contributed by atoms with Crippen LogP contribution < -0.4 is 10.6 Å². The molecule has 6 nitrogen and oxygen atoms in total. The molecule has 0 spiro atoms. The third-order valence-corrected chi connectivity index (χ3v) is 6.95. The van der Waals surface area contributed by atoms with Gasteiger partial charge in [-0.2, -0.15) is 0 Å². The predicted molar refractivity (Wildman–Crippen MR) is 147 cm³/mol. The summed E-state index contributed by atoms with van der Waals surface area (Å²) in [5.74, 6) is -0.0580. The van der Waals surface area contributed by atoms with Crippen LogP contribution >= 0.6 is 23.8 Å². The van der Waals surface area contributed by atoms with E-state index in [4.69, 9.17) is 23.8 Å². The summed E-state index contributed by atoms with van der Waals surface area (Å²) < 4.78 is 2.11. The standard InChI is InChI=1S/C28H26ClN5OS/c1-19-8-2-3-11-22(19)31-25(35)14-17-34-27(26(32-28(34)36)23-12-4-5-15-30-23)24-13-7-16-33(24)21-10-6-9-20(29)18-21/h2-13,15-16,18,26-27H,14,17H2,1H3,(H,31,35)(H,32,36)/t26-,27-/m1/s1. The highest BCUT2D eigenvalue weighted by atomic mass is 35.5. The number of hydrogen-bond acceptors (Lipinski definition) is 3. The molecular formula is C28H26ClN5OS. The molecule has 0 aliphatic carbocycles. The van der Waals surface area contributed by atoms with E-state index in [0.29, 0.717) is 23.1 Å². The highest BCUT2D eigenvalue weighted by Gasteiger charge is 2.41. The zero-order chi connectivity index (χ0) is 25.1. The van der Waals surface area contributed by atoms with Crippen molar-refractivity contribution < 1.29 is 4.79 Å². The third-order valence-electron chi connectivity index (χ3n) is 6.37. The second-order valence-corrected chi connectivity index (χ2v) is 9.54. The van der Waals surface area contributed by atoms with Crippen LogP contribution in [0, 0.1) is 6.92 Å². The summed E-state index contributed by atoms with van der Waals surface area (Å²) in [6, 6.07) is 25.1. The molecular weight excluding hydrogens is 490 g/mol. The number of halogens is 1. The highest BCUT2D eigenvalue weighted by molar-refractivity contribution is 7.80.